The molecule has 1 nitrogen and oxygen atoms in total. The Hall–Kier alpha value is -0.130. The molecule has 0 aliphatic heterocycles. The van der Waals surface area contributed by atoms with Crippen LogP contribution in [0.4, 0.5) is 8.78 Å². The van der Waals surface area contributed by atoms with Crippen LogP contribution in [0.15, 0.2) is 16.6 Å². The fraction of sp³-hybridized carbons (Fsp3) is 0.571. The van der Waals surface area contributed by atoms with Gasteiger partial charge in [-0.15, -0.1) is 0 Å². The highest BCUT2D eigenvalue weighted by atomic mass is 79.9. The third-order valence-corrected chi connectivity index (χ3v) is 4.70. The summed E-state index contributed by atoms with van der Waals surface area (Å²) in [5, 5.41) is 3.29. The largest absolute Gasteiger partial charge is 0.313 e. The number of halogens is 3. The molecule has 108 valence electrons. The molecule has 0 amide bonds. The summed E-state index contributed by atoms with van der Waals surface area (Å²) >= 11 is 4.92. The van der Waals surface area contributed by atoms with Crippen LogP contribution in [0.1, 0.15) is 25.8 Å². The molecule has 0 radical (unpaired) electrons. The van der Waals surface area contributed by atoms with Gasteiger partial charge in [-0.25, -0.2) is 8.78 Å². The van der Waals surface area contributed by atoms with E-state index in [1.807, 2.05) is 18.7 Å². The maximum absolute atomic E-state index is 13.9. The number of likely N-dealkylation sites (N-methyl/N-ethyl adjacent to an activating group) is 1. The molecule has 1 aromatic carbocycles. The molecule has 0 bridgehead atoms. The second-order valence-corrected chi connectivity index (χ2v) is 6.36. The van der Waals surface area contributed by atoms with Gasteiger partial charge in [-0.05, 0) is 53.2 Å². The molecular formula is C14H20BrF2NS. The van der Waals surface area contributed by atoms with E-state index in [1.54, 1.807) is 0 Å². The lowest BCUT2D eigenvalue weighted by molar-refractivity contribution is 0.509. The second-order valence-electron chi connectivity index (χ2n) is 4.36. The number of hydrogen-bond acceptors (Lipinski definition) is 2. The van der Waals surface area contributed by atoms with Crippen LogP contribution in [0.25, 0.3) is 0 Å². The van der Waals surface area contributed by atoms with Gasteiger partial charge in [0.1, 0.15) is 11.6 Å². The first-order chi connectivity index (χ1) is 9.10. The molecule has 0 saturated heterocycles. The van der Waals surface area contributed by atoms with Gasteiger partial charge in [-0.2, -0.15) is 11.8 Å². The quantitative estimate of drug-likeness (QED) is 0.550. The number of hydrogen-bond donors (Lipinski definition) is 1. The fourth-order valence-electron chi connectivity index (χ4n) is 1.85. The highest BCUT2D eigenvalue weighted by Crippen LogP contribution is 2.23. The Labute approximate surface area is 126 Å². The van der Waals surface area contributed by atoms with Crippen molar-refractivity contribution in [1.82, 2.24) is 5.32 Å². The zero-order valence-electron chi connectivity index (χ0n) is 11.3. The van der Waals surface area contributed by atoms with Crippen molar-refractivity contribution >= 4 is 27.7 Å². The topological polar surface area (TPSA) is 12.0 Å². The van der Waals surface area contributed by atoms with Crippen LogP contribution in [-0.4, -0.2) is 24.1 Å². The van der Waals surface area contributed by atoms with Gasteiger partial charge < -0.3 is 5.32 Å². The molecule has 0 fully saturated rings. The molecule has 0 aliphatic carbocycles. The standard InChI is InChI=1S/C14H20BrF2NS/c1-3-7-19-9-10(18-4-2)8-11-13(16)6-5-12(15)14(11)17/h5-6,10,18H,3-4,7-9H2,1-2H3. The van der Waals surface area contributed by atoms with Crippen molar-refractivity contribution in [1.29, 1.82) is 0 Å². The van der Waals surface area contributed by atoms with Crippen molar-refractivity contribution in [2.75, 3.05) is 18.1 Å². The van der Waals surface area contributed by atoms with E-state index in [0.717, 1.165) is 24.5 Å². The minimum absolute atomic E-state index is 0.0971. The lowest BCUT2D eigenvalue weighted by atomic mass is 10.1. The van der Waals surface area contributed by atoms with Crippen molar-refractivity contribution < 1.29 is 8.78 Å². The summed E-state index contributed by atoms with van der Waals surface area (Å²) in [4.78, 5) is 0. The van der Waals surface area contributed by atoms with Crippen LogP contribution in [0.5, 0.6) is 0 Å². The third kappa shape index (κ3) is 5.40. The van der Waals surface area contributed by atoms with Crippen molar-refractivity contribution in [3.05, 3.63) is 33.8 Å². The first-order valence-electron chi connectivity index (χ1n) is 6.53. The van der Waals surface area contributed by atoms with E-state index >= 15 is 0 Å². The zero-order chi connectivity index (χ0) is 14.3. The smallest absolute Gasteiger partial charge is 0.143 e. The molecule has 0 aromatic heterocycles. The van der Waals surface area contributed by atoms with E-state index in [2.05, 4.69) is 28.2 Å². The Morgan fingerprint density at radius 2 is 2.05 bits per heavy atom. The van der Waals surface area contributed by atoms with Crippen molar-refractivity contribution in [3.63, 3.8) is 0 Å². The van der Waals surface area contributed by atoms with Gasteiger partial charge in [-0.1, -0.05) is 13.8 Å². The van der Waals surface area contributed by atoms with Gasteiger partial charge >= 0.3 is 0 Å². The number of rotatable bonds is 8. The molecule has 1 unspecified atom stereocenters. The predicted molar refractivity (Wildman–Crippen MR) is 82.8 cm³/mol. The van der Waals surface area contributed by atoms with E-state index in [0.29, 0.717) is 10.9 Å². The first kappa shape index (κ1) is 16.9. The van der Waals surface area contributed by atoms with E-state index in [9.17, 15) is 8.78 Å². The third-order valence-electron chi connectivity index (χ3n) is 2.75. The summed E-state index contributed by atoms with van der Waals surface area (Å²) in [6.07, 6.45) is 1.49. The van der Waals surface area contributed by atoms with Crippen molar-refractivity contribution in [3.8, 4) is 0 Å². The highest BCUT2D eigenvalue weighted by molar-refractivity contribution is 9.10. The summed E-state index contributed by atoms with van der Waals surface area (Å²) in [5.74, 6) is 0.991. The van der Waals surface area contributed by atoms with E-state index in [-0.39, 0.29) is 11.6 Å². The molecule has 0 spiro atoms. The maximum atomic E-state index is 13.9. The Morgan fingerprint density at radius 1 is 1.32 bits per heavy atom. The van der Waals surface area contributed by atoms with Gasteiger partial charge in [0, 0.05) is 17.4 Å². The van der Waals surface area contributed by atoms with E-state index in [1.165, 1.54) is 12.1 Å². The zero-order valence-corrected chi connectivity index (χ0v) is 13.7. The Balaban J connectivity index is 2.75. The Kier molecular flexibility index (Phi) is 7.95. The minimum atomic E-state index is -0.483. The van der Waals surface area contributed by atoms with Crippen LogP contribution in [0.2, 0.25) is 0 Å². The van der Waals surface area contributed by atoms with E-state index in [4.69, 9.17) is 0 Å². The van der Waals surface area contributed by atoms with Gasteiger partial charge in [0.05, 0.1) is 4.47 Å². The molecule has 1 aromatic rings. The summed E-state index contributed by atoms with van der Waals surface area (Å²) < 4.78 is 28.0. The maximum Gasteiger partial charge on any atom is 0.143 e. The van der Waals surface area contributed by atoms with Crippen LogP contribution in [0, 0.1) is 11.6 Å². The summed E-state index contributed by atoms with van der Waals surface area (Å²) in [7, 11) is 0. The Morgan fingerprint density at radius 3 is 2.68 bits per heavy atom. The van der Waals surface area contributed by atoms with Crippen LogP contribution < -0.4 is 5.32 Å². The van der Waals surface area contributed by atoms with Crippen molar-refractivity contribution in [2.45, 2.75) is 32.7 Å². The molecule has 19 heavy (non-hydrogen) atoms. The monoisotopic (exact) mass is 351 g/mol. The second kappa shape index (κ2) is 8.93. The number of nitrogens with one attached hydrogen (secondary N) is 1. The average molecular weight is 352 g/mol. The molecule has 0 heterocycles. The molecule has 0 aliphatic rings. The summed E-state index contributed by atoms with van der Waals surface area (Å²) in [6.45, 7) is 4.93. The number of thioether (sulfide) groups is 1. The summed E-state index contributed by atoms with van der Waals surface area (Å²) in [6, 6.07) is 2.81. The normalized spacial score (nSPS) is 12.7. The highest BCUT2D eigenvalue weighted by Gasteiger charge is 2.17. The molecular weight excluding hydrogens is 332 g/mol. The van der Waals surface area contributed by atoms with Gasteiger partial charge in [0.15, 0.2) is 0 Å². The fourth-order valence-corrected chi connectivity index (χ4v) is 3.20. The Bertz CT molecular complexity index is 401. The van der Waals surface area contributed by atoms with Crippen LogP contribution >= 0.6 is 27.7 Å². The number of benzene rings is 1. The molecule has 1 N–H and O–H groups in total. The van der Waals surface area contributed by atoms with Gasteiger partial charge in [0.2, 0.25) is 0 Å². The first-order valence-corrected chi connectivity index (χ1v) is 8.48. The molecule has 5 heteroatoms. The van der Waals surface area contributed by atoms with Gasteiger partial charge in [-0.3, -0.25) is 0 Å². The van der Waals surface area contributed by atoms with E-state index < -0.39 is 11.6 Å². The lowest BCUT2D eigenvalue weighted by Gasteiger charge is -2.18. The predicted octanol–water partition coefficient (Wildman–Crippen LogP) is 4.39. The molecule has 0 saturated carbocycles. The summed E-state index contributed by atoms with van der Waals surface area (Å²) in [5.41, 5.74) is 0.164. The average Bonchev–Trinajstić information content (AvgIpc) is 2.39. The molecule has 1 atom stereocenters. The lowest BCUT2D eigenvalue weighted by Crippen LogP contribution is -2.34. The SMILES string of the molecule is CCCSCC(Cc1c(F)ccc(Br)c1F)NCC. The minimum Gasteiger partial charge on any atom is -0.313 e. The molecule has 1 rings (SSSR count). The van der Waals surface area contributed by atoms with Crippen LogP contribution in [-0.2, 0) is 6.42 Å². The van der Waals surface area contributed by atoms with Crippen molar-refractivity contribution in [2.24, 2.45) is 0 Å². The van der Waals surface area contributed by atoms with Gasteiger partial charge in [0.25, 0.3) is 0 Å². The van der Waals surface area contributed by atoms with Crippen LogP contribution in [0.3, 0.4) is 0 Å².